The van der Waals surface area contributed by atoms with E-state index in [0.29, 0.717) is 25.6 Å². The normalized spacial score (nSPS) is 18.9. The molecule has 0 aromatic rings. The van der Waals surface area contributed by atoms with Gasteiger partial charge in [-0.1, -0.05) is 0 Å². The van der Waals surface area contributed by atoms with Gasteiger partial charge in [-0.25, -0.2) is 12.7 Å². The van der Waals surface area contributed by atoms with Crippen LogP contribution < -0.4 is 0 Å². The third-order valence-electron chi connectivity index (χ3n) is 3.16. The number of aliphatic carboxylic acids is 1. The number of carbonyl (C=O) groups is 1. The summed E-state index contributed by atoms with van der Waals surface area (Å²) in [6.45, 7) is 1.71. The summed E-state index contributed by atoms with van der Waals surface area (Å²) in [5.41, 5.74) is 0. The lowest BCUT2D eigenvalue weighted by atomic mass is 9.99. The molecule has 6 nitrogen and oxygen atoms in total. The van der Waals surface area contributed by atoms with Crippen molar-refractivity contribution in [1.29, 1.82) is 0 Å². The number of nitrogens with zero attached hydrogens (tertiary/aromatic N) is 1. The summed E-state index contributed by atoms with van der Waals surface area (Å²) in [6.07, 6.45) is 1.70. The van der Waals surface area contributed by atoms with Gasteiger partial charge in [0, 0.05) is 33.2 Å². The van der Waals surface area contributed by atoms with Crippen LogP contribution in [-0.2, 0) is 19.6 Å². The average molecular weight is 279 g/mol. The lowest BCUT2D eigenvalue weighted by molar-refractivity contribution is -0.137. The van der Waals surface area contributed by atoms with Gasteiger partial charge in [0.2, 0.25) is 10.0 Å². The van der Waals surface area contributed by atoms with Crippen molar-refractivity contribution in [2.45, 2.75) is 25.7 Å². The molecule has 0 aliphatic carbocycles. The number of rotatable bonds is 7. The first-order valence-corrected chi connectivity index (χ1v) is 7.75. The monoisotopic (exact) mass is 279 g/mol. The third kappa shape index (κ3) is 4.91. The predicted molar refractivity (Wildman–Crippen MR) is 66.8 cm³/mol. The van der Waals surface area contributed by atoms with E-state index in [-0.39, 0.29) is 18.6 Å². The molecule has 0 saturated carbocycles. The van der Waals surface area contributed by atoms with E-state index in [1.165, 1.54) is 4.31 Å². The van der Waals surface area contributed by atoms with Crippen LogP contribution in [-0.4, -0.2) is 56.4 Å². The number of ether oxygens (including phenoxy) is 1. The maximum atomic E-state index is 11.9. The van der Waals surface area contributed by atoms with Gasteiger partial charge in [0.05, 0.1) is 5.75 Å². The number of methoxy groups -OCH3 is 1. The summed E-state index contributed by atoms with van der Waals surface area (Å²) in [6, 6.07) is 0. The summed E-state index contributed by atoms with van der Waals surface area (Å²) in [5.74, 6) is -0.599. The first kappa shape index (κ1) is 15.4. The molecule has 0 aromatic heterocycles. The Morgan fingerprint density at radius 2 is 2.00 bits per heavy atom. The molecular weight excluding hydrogens is 258 g/mol. The zero-order chi connectivity index (χ0) is 13.6. The molecule has 1 fully saturated rings. The molecule has 0 bridgehead atoms. The number of carboxylic acid groups (broad SMARTS) is 1. The second-order valence-corrected chi connectivity index (χ2v) is 6.70. The average Bonchev–Trinajstić information content (AvgIpc) is 2.29. The molecule has 1 rings (SSSR count). The minimum atomic E-state index is -3.29. The van der Waals surface area contributed by atoms with E-state index in [1.807, 2.05) is 0 Å². The zero-order valence-electron chi connectivity index (χ0n) is 10.7. The number of piperidine rings is 1. The van der Waals surface area contributed by atoms with Crippen LogP contribution in [0.2, 0.25) is 0 Å². The summed E-state index contributed by atoms with van der Waals surface area (Å²) in [7, 11) is -1.64. The highest BCUT2D eigenvalue weighted by Gasteiger charge is 2.27. The standard InChI is InChI=1S/C11H21NO5S/c1-17-9-10-4-6-12(7-5-10)18(15,16)8-2-3-11(13)14/h10H,2-9H2,1H3,(H,13,14). The quantitative estimate of drug-likeness (QED) is 0.735. The molecule has 0 aromatic carbocycles. The van der Waals surface area contributed by atoms with Crippen molar-refractivity contribution in [3.05, 3.63) is 0 Å². The number of carboxylic acids is 1. The molecule has 0 spiro atoms. The molecule has 7 heteroatoms. The van der Waals surface area contributed by atoms with Crippen molar-refractivity contribution in [2.24, 2.45) is 5.92 Å². The maximum Gasteiger partial charge on any atom is 0.303 e. The summed E-state index contributed by atoms with van der Waals surface area (Å²) in [5, 5.41) is 8.49. The van der Waals surface area contributed by atoms with Gasteiger partial charge in [-0.05, 0) is 25.2 Å². The highest BCUT2D eigenvalue weighted by Crippen LogP contribution is 2.20. The molecule has 1 aliphatic heterocycles. The number of hydrogen-bond donors (Lipinski definition) is 1. The summed E-state index contributed by atoms with van der Waals surface area (Å²) < 4.78 is 30.4. The van der Waals surface area contributed by atoms with Gasteiger partial charge >= 0.3 is 5.97 Å². The zero-order valence-corrected chi connectivity index (χ0v) is 11.5. The van der Waals surface area contributed by atoms with Crippen LogP contribution in [0, 0.1) is 5.92 Å². The molecule has 1 aliphatic rings. The topological polar surface area (TPSA) is 83.9 Å². The Kier molecular flexibility index (Phi) is 6.04. The van der Waals surface area contributed by atoms with Crippen molar-refractivity contribution >= 4 is 16.0 Å². The molecule has 1 heterocycles. The van der Waals surface area contributed by atoms with Gasteiger partial charge in [0.15, 0.2) is 0 Å². The fourth-order valence-electron chi connectivity index (χ4n) is 2.12. The molecule has 0 radical (unpaired) electrons. The fourth-order valence-corrected chi connectivity index (χ4v) is 3.66. The first-order valence-electron chi connectivity index (χ1n) is 6.14. The number of hydrogen-bond acceptors (Lipinski definition) is 4. The van der Waals surface area contributed by atoms with Crippen LogP contribution in [0.25, 0.3) is 0 Å². The van der Waals surface area contributed by atoms with E-state index in [9.17, 15) is 13.2 Å². The van der Waals surface area contributed by atoms with Crippen molar-refractivity contribution in [3.63, 3.8) is 0 Å². The third-order valence-corrected chi connectivity index (χ3v) is 5.12. The lowest BCUT2D eigenvalue weighted by Crippen LogP contribution is -2.40. The minimum absolute atomic E-state index is 0.0752. The second-order valence-electron chi connectivity index (χ2n) is 4.61. The van der Waals surface area contributed by atoms with Gasteiger partial charge in [0.25, 0.3) is 0 Å². The Bertz CT molecular complexity index is 360. The van der Waals surface area contributed by atoms with E-state index in [0.717, 1.165) is 12.8 Å². The molecule has 106 valence electrons. The van der Waals surface area contributed by atoms with E-state index in [4.69, 9.17) is 9.84 Å². The van der Waals surface area contributed by atoms with Crippen molar-refractivity contribution < 1.29 is 23.1 Å². The van der Waals surface area contributed by atoms with Crippen LogP contribution in [0.5, 0.6) is 0 Å². The van der Waals surface area contributed by atoms with E-state index < -0.39 is 16.0 Å². The Balaban J connectivity index is 2.38. The van der Waals surface area contributed by atoms with Crippen molar-refractivity contribution in [1.82, 2.24) is 4.31 Å². The smallest absolute Gasteiger partial charge is 0.303 e. The SMILES string of the molecule is COCC1CCN(S(=O)(=O)CCCC(=O)O)CC1. The molecule has 1 saturated heterocycles. The first-order chi connectivity index (χ1) is 8.45. The van der Waals surface area contributed by atoms with E-state index in [2.05, 4.69) is 0 Å². The minimum Gasteiger partial charge on any atom is -0.481 e. The van der Waals surface area contributed by atoms with Crippen molar-refractivity contribution in [3.8, 4) is 0 Å². The summed E-state index contributed by atoms with van der Waals surface area (Å²) >= 11 is 0. The Labute approximate surface area is 108 Å². The molecule has 0 unspecified atom stereocenters. The van der Waals surface area contributed by atoms with Crippen LogP contribution in [0.3, 0.4) is 0 Å². The van der Waals surface area contributed by atoms with Gasteiger partial charge in [-0.15, -0.1) is 0 Å². The molecule has 1 N–H and O–H groups in total. The summed E-state index contributed by atoms with van der Waals surface area (Å²) in [4.78, 5) is 10.4. The molecule has 0 amide bonds. The predicted octanol–water partition coefficient (Wildman–Crippen LogP) is 0.539. The lowest BCUT2D eigenvalue weighted by Gasteiger charge is -2.30. The van der Waals surface area contributed by atoms with Gasteiger partial charge < -0.3 is 9.84 Å². The molecule has 18 heavy (non-hydrogen) atoms. The van der Waals surface area contributed by atoms with Crippen LogP contribution in [0.1, 0.15) is 25.7 Å². The Hall–Kier alpha value is -0.660. The van der Waals surface area contributed by atoms with E-state index >= 15 is 0 Å². The Morgan fingerprint density at radius 1 is 1.39 bits per heavy atom. The molecular formula is C11H21NO5S. The van der Waals surface area contributed by atoms with Crippen LogP contribution in [0.15, 0.2) is 0 Å². The van der Waals surface area contributed by atoms with Crippen LogP contribution in [0.4, 0.5) is 0 Å². The second kappa shape index (κ2) is 7.06. The highest BCUT2D eigenvalue weighted by atomic mass is 32.2. The highest BCUT2D eigenvalue weighted by molar-refractivity contribution is 7.89. The van der Waals surface area contributed by atoms with Gasteiger partial charge in [0.1, 0.15) is 0 Å². The van der Waals surface area contributed by atoms with Gasteiger partial charge in [-0.2, -0.15) is 0 Å². The number of sulfonamides is 1. The Morgan fingerprint density at radius 3 is 2.50 bits per heavy atom. The fraction of sp³-hybridized carbons (Fsp3) is 0.909. The van der Waals surface area contributed by atoms with E-state index in [1.54, 1.807) is 7.11 Å². The van der Waals surface area contributed by atoms with Gasteiger partial charge in [-0.3, -0.25) is 4.79 Å². The van der Waals surface area contributed by atoms with Crippen LogP contribution >= 0.6 is 0 Å². The maximum absolute atomic E-state index is 11.9. The largest absolute Gasteiger partial charge is 0.481 e. The van der Waals surface area contributed by atoms with Crippen molar-refractivity contribution in [2.75, 3.05) is 32.6 Å². The molecule has 0 atom stereocenters.